The molecule has 30 heavy (non-hydrogen) atoms. The highest BCUT2D eigenvalue weighted by molar-refractivity contribution is 5.96. The molecule has 0 bridgehead atoms. The minimum absolute atomic E-state index is 0.262. The Hall–Kier alpha value is -2.65. The monoisotopic (exact) mass is 401 g/mol. The predicted molar refractivity (Wildman–Crippen MR) is 123 cm³/mol. The van der Waals surface area contributed by atoms with Gasteiger partial charge in [-0.1, -0.05) is 60.2 Å². The van der Waals surface area contributed by atoms with E-state index >= 15 is 0 Å². The highest BCUT2D eigenvalue weighted by Crippen LogP contribution is 2.24. The Balaban J connectivity index is 1.15. The number of ketones is 1. The Morgan fingerprint density at radius 1 is 0.933 bits per heavy atom. The number of hydrogen-bond donors (Lipinski definition) is 0. The van der Waals surface area contributed by atoms with Gasteiger partial charge in [-0.2, -0.15) is 0 Å². The van der Waals surface area contributed by atoms with Gasteiger partial charge in [0.2, 0.25) is 0 Å². The molecule has 0 saturated carbocycles. The molecule has 0 spiro atoms. The Morgan fingerprint density at radius 3 is 2.43 bits per heavy atom. The molecule has 3 nitrogen and oxygen atoms in total. The number of carbonyl (C=O) groups is 1. The molecule has 0 N–H and O–H groups in total. The summed E-state index contributed by atoms with van der Waals surface area (Å²) in [6, 6.07) is 22.7. The summed E-state index contributed by atoms with van der Waals surface area (Å²) in [6.45, 7) is 5.27. The predicted octanol–water partition coefficient (Wildman–Crippen LogP) is 6.04. The van der Waals surface area contributed by atoms with Gasteiger partial charge in [-0.25, -0.2) is 0 Å². The molecular formula is C27H31NO2. The first kappa shape index (κ1) is 20.6. The van der Waals surface area contributed by atoms with Crippen LogP contribution in [0.5, 0.6) is 5.75 Å². The number of rotatable bonds is 8. The minimum Gasteiger partial charge on any atom is -0.490 e. The number of fused-ring (bicyclic) bond motifs is 1. The van der Waals surface area contributed by atoms with Gasteiger partial charge in [-0.15, -0.1) is 0 Å². The fraction of sp³-hybridized carbons (Fsp3) is 0.370. The van der Waals surface area contributed by atoms with Crippen molar-refractivity contribution in [3.63, 3.8) is 0 Å². The lowest BCUT2D eigenvalue weighted by Crippen LogP contribution is -2.38. The second-order valence-corrected chi connectivity index (χ2v) is 8.41. The van der Waals surface area contributed by atoms with Crippen LogP contribution in [0.1, 0.15) is 48.0 Å². The van der Waals surface area contributed by atoms with E-state index in [1.165, 1.54) is 16.3 Å². The Labute approximate surface area is 179 Å². The minimum atomic E-state index is 0.262. The molecule has 1 aliphatic heterocycles. The molecule has 0 amide bonds. The second-order valence-electron chi connectivity index (χ2n) is 8.41. The third-order valence-corrected chi connectivity index (χ3v) is 6.06. The summed E-state index contributed by atoms with van der Waals surface area (Å²) in [5.74, 6) is 1.24. The molecule has 1 heterocycles. The van der Waals surface area contributed by atoms with Crippen molar-refractivity contribution in [2.45, 2.75) is 45.1 Å². The molecule has 0 aliphatic carbocycles. The van der Waals surface area contributed by atoms with Crippen molar-refractivity contribution in [3.05, 3.63) is 77.9 Å². The van der Waals surface area contributed by atoms with Gasteiger partial charge in [-0.3, -0.25) is 4.79 Å². The van der Waals surface area contributed by atoms with Gasteiger partial charge in [0.15, 0.2) is 5.78 Å². The fourth-order valence-corrected chi connectivity index (χ4v) is 4.19. The second kappa shape index (κ2) is 9.90. The third kappa shape index (κ3) is 5.48. The first-order chi connectivity index (χ1) is 14.7. The molecule has 1 saturated heterocycles. The average Bonchev–Trinajstić information content (AvgIpc) is 2.78. The van der Waals surface area contributed by atoms with Crippen LogP contribution in [0.2, 0.25) is 0 Å². The first-order valence-corrected chi connectivity index (χ1v) is 11.1. The lowest BCUT2D eigenvalue weighted by Gasteiger charge is -2.32. The highest BCUT2D eigenvalue weighted by atomic mass is 16.5. The summed E-state index contributed by atoms with van der Waals surface area (Å²) < 4.78 is 6.25. The SMILES string of the molecule is Cc1ccc(C(=O)CCCCN2CCC(Oc3ccc4ccccc4c3)CC2)cc1. The lowest BCUT2D eigenvalue weighted by atomic mass is 10.0. The fourth-order valence-electron chi connectivity index (χ4n) is 4.19. The molecule has 3 aromatic carbocycles. The highest BCUT2D eigenvalue weighted by Gasteiger charge is 2.20. The number of piperidine rings is 1. The van der Waals surface area contributed by atoms with Crippen molar-refractivity contribution in [2.75, 3.05) is 19.6 Å². The van der Waals surface area contributed by atoms with Crippen LogP contribution in [0.15, 0.2) is 66.7 Å². The van der Waals surface area contributed by atoms with Crippen molar-refractivity contribution in [1.29, 1.82) is 0 Å². The molecule has 1 fully saturated rings. The molecule has 3 aromatic rings. The zero-order valence-corrected chi connectivity index (χ0v) is 17.8. The van der Waals surface area contributed by atoms with E-state index in [1.54, 1.807) is 0 Å². The number of carbonyl (C=O) groups excluding carboxylic acids is 1. The molecule has 1 aliphatic rings. The maximum absolute atomic E-state index is 12.3. The number of benzene rings is 3. The van der Waals surface area contributed by atoms with Gasteiger partial charge in [0.05, 0.1) is 0 Å². The van der Waals surface area contributed by atoms with Crippen LogP contribution in [0.4, 0.5) is 0 Å². The maximum Gasteiger partial charge on any atom is 0.162 e. The summed E-state index contributed by atoms with van der Waals surface area (Å²) >= 11 is 0. The van der Waals surface area contributed by atoms with Crippen molar-refractivity contribution in [2.24, 2.45) is 0 Å². The van der Waals surface area contributed by atoms with E-state index in [2.05, 4.69) is 47.4 Å². The van der Waals surface area contributed by atoms with E-state index in [9.17, 15) is 4.79 Å². The van der Waals surface area contributed by atoms with Crippen LogP contribution in [-0.2, 0) is 0 Å². The van der Waals surface area contributed by atoms with Gasteiger partial charge in [0.1, 0.15) is 11.9 Å². The van der Waals surface area contributed by atoms with E-state index in [1.807, 2.05) is 31.2 Å². The third-order valence-electron chi connectivity index (χ3n) is 6.06. The van der Waals surface area contributed by atoms with Gasteiger partial charge >= 0.3 is 0 Å². The summed E-state index contributed by atoms with van der Waals surface area (Å²) in [7, 11) is 0. The van der Waals surface area contributed by atoms with E-state index in [0.717, 1.165) is 56.6 Å². The van der Waals surface area contributed by atoms with Crippen LogP contribution in [0.25, 0.3) is 10.8 Å². The van der Waals surface area contributed by atoms with E-state index in [-0.39, 0.29) is 5.78 Å². The molecule has 156 valence electrons. The summed E-state index contributed by atoms with van der Waals surface area (Å²) in [4.78, 5) is 14.8. The quantitative estimate of drug-likeness (QED) is 0.340. The maximum atomic E-state index is 12.3. The smallest absolute Gasteiger partial charge is 0.162 e. The zero-order valence-electron chi connectivity index (χ0n) is 17.8. The topological polar surface area (TPSA) is 29.5 Å². The number of aryl methyl sites for hydroxylation is 1. The molecule has 0 atom stereocenters. The van der Waals surface area contributed by atoms with Gasteiger partial charge in [0, 0.05) is 25.1 Å². The molecule has 0 unspecified atom stereocenters. The molecule has 3 heteroatoms. The number of hydrogen-bond acceptors (Lipinski definition) is 3. The number of nitrogens with zero attached hydrogens (tertiary/aromatic N) is 1. The van der Waals surface area contributed by atoms with Crippen LogP contribution >= 0.6 is 0 Å². The van der Waals surface area contributed by atoms with E-state index < -0.39 is 0 Å². The van der Waals surface area contributed by atoms with Gasteiger partial charge in [-0.05, 0) is 62.1 Å². The summed E-state index contributed by atoms with van der Waals surface area (Å²) in [5, 5.41) is 2.48. The van der Waals surface area contributed by atoms with Gasteiger partial charge < -0.3 is 9.64 Å². The lowest BCUT2D eigenvalue weighted by molar-refractivity contribution is 0.0954. The van der Waals surface area contributed by atoms with Crippen LogP contribution in [-0.4, -0.2) is 36.4 Å². The van der Waals surface area contributed by atoms with E-state index in [0.29, 0.717) is 12.5 Å². The Bertz CT molecular complexity index is 972. The number of Topliss-reactive ketones (excluding diaryl/α,β-unsaturated/α-hetero) is 1. The Kier molecular flexibility index (Phi) is 6.81. The molecule has 4 rings (SSSR count). The Morgan fingerprint density at radius 2 is 1.67 bits per heavy atom. The standard InChI is InChI=1S/C27H31NO2/c1-21-9-11-23(12-10-21)27(29)8-4-5-17-28-18-15-25(16-19-28)30-26-14-13-22-6-2-3-7-24(22)20-26/h2-3,6-7,9-14,20,25H,4-5,8,15-19H2,1H3. The normalized spacial score (nSPS) is 15.4. The number of likely N-dealkylation sites (tertiary alicyclic amines) is 1. The first-order valence-electron chi connectivity index (χ1n) is 11.1. The molecule has 0 aromatic heterocycles. The van der Waals surface area contributed by atoms with Crippen LogP contribution < -0.4 is 4.74 Å². The molecular weight excluding hydrogens is 370 g/mol. The number of ether oxygens (including phenoxy) is 1. The number of unbranched alkanes of at least 4 members (excludes halogenated alkanes) is 1. The molecule has 0 radical (unpaired) electrons. The largest absolute Gasteiger partial charge is 0.490 e. The van der Waals surface area contributed by atoms with Crippen LogP contribution in [0, 0.1) is 6.92 Å². The van der Waals surface area contributed by atoms with Crippen LogP contribution in [0.3, 0.4) is 0 Å². The van der Waals surface area contributed by atoms with Crippen molar-refractivity contribution >= 4 is 16.6 Å². The van der Waals surface area contributed by atoms with Crippen molar-refractivity contribution < 1.29 is 9.53 Å². The average molecular weight is 402 g/mol. The van der Waals surface area contributed by atoms with E-state index in [4.69, 9.17) is 4.74 Å². The summed E-state index contributed by atoms with van der Waals surface area (Å²) in [5.41, 5.74) is 2.03. The zero-order chi connectivity index (χ0) is 20.8. The van der Waals surface area contributed by atoms with Crippen molar-refractivity contribution in [3.8, 4) is 5.75 Å². The summed E-state index contributed by atoms with van der Waals surface area (Å²) in [6.07, 6.45) is 5.11. The van der Waals surface area contributed by atoms with Crippen molar-refractivity contribution in [1.82, 2.24) is 4.90 Å². The van der Waals surface area contributed by atoms with Gasteiger partial charge in [0.25, 0.3) is 0 Å².